The first-order valence-electron chi connectivity index (χ1n) is 6.38. The van der Waals surface area contributed by atoms with Crippen LogP contribution in [0.2, 0.25) is 0 Å². The number of rotatable bonds is 4. The van der Waals surface area contributed by atoms with Gasteiger partial charge in [0.25, 0.3) is 0 Å². The van der Waals surface area contributed by atoms with Crippen LogP contribution in [0.5, 0.6) is 5.75 Å². The summed E-state index contributed by atoms with van der Waals surface area (Å²) in [4.78, 5) is 16.4. The summed E-state index contributed by atoms with van der Waals surface area (Å²) in [5, 5.41) is 12.9. The fourth-order valence-electron chi connectivity index (χ4n) is 2.14. The molecule has 1 aromatic carbocycles. The van der Waals surface area contributed by atoms with Crippen LogP contribution in [0.3, 0.4) is 0 Å². The Bertz CT molecular complexity index is 659. The Morgan fingerprint density at radius 3 is 3.00 bits per heavy atom. The highest BCUT2D eigenvalue weighted by atomic mass is 32.2. The standard InChI is InChI=1S/C14H14N2O3S2/c1-19-10-5-3-2-4-8(10)11-6-15-12(21-11)13-16-9(7-20-13)14(17)18/h2-6,9,13,16H,7H2,1H3,(H,17,18). The second kappa shape index (κ2) is 6.05. The normalized spacial score (nSPS) is 21.4. The van der Waals surface area contributed by atoms with E-state index in [-0.39, 0.29) is 5.37 Å². The maximum Gasteiger partial charge on any atom is 0.321 e. The van der Waals surface area contributed by atoms with Crippen molar-refractivity contribution < 1.29 is 14.6 Å². The minimum Gasteiger partial charge on any atom is -0.496 e. The van der Waals surface area contributed by atoms with E-state index >= 15 is 0 Å². The van der Waals surface area contributed by atoms with Gasteiger partial charge in [0.05, 0.1) is 12.0 Å². The Labute approximate surface area is 130 Å². The van der Waals surface area contributed by atoms with Gasteiger partial charge < -0.3 is 9.84 Å². The second-order valence-electron chi connectivity index (χ2n) is 4.53. The number of para-hydroxylation sites is 1. The van der Waals surface area contributed by atoms with E-state index in [0.29, 0.717) is 5.75 Å². The number of benzene rings is 1. The molecule has 0 amide bonds. The first-order chi connectivity index (χ1) is 10.2. The SMILES string of the molecule is COc1ccccc1-c1cnc(C2NC(C(=O)O)CS2)s1. The van der Waals surface area contributed by atoms with Gasteiger partial charge in [-0.1, -0.05) is 12.1 Å². The number of carbonyl (C=O) groups is 1. The van der Waals surface area contributed by atoms with Gasteiger partial charge in [-0.2, -0.15) is 0 Å². The Balaban J connectivity index is 1.82. The fraction of sp³-hybridized carbons (Fsp3) is 0.286. The molecule has 110 valence electrons. The average Bonchev–Trinajstić information content (AvgIpc) is 3.16. The number of nitrogens with zero attached hydrogens (tertiary/aromatic N) is 1. The van der Waals surface area contributed by atoms with Gasteiger partial charge in [-0.3, -0.25) is 10.1 Å². The molecule has 1 aromatic heterocycles. The molecule has 0 spiro atoms. The molecule has 0 aliphatic carbocycles. The van der Waals surface area contributed by atoms with Gasteiger partial charge in [0.2, 0.25) is 0 Å². The Hall–Kier alpha value is -1.57. The summed E-state index contributed by atoms with van der Waals surface area (Å²) >= 11 is 3.13. The minimum absolute atomic E-state index is 0.0560. The highest BCUT2D eigenvalue weighted by Crippen LogP contribution is 2.39. The van der Waals surface area contributed by atoms with Crippen LogP contribution < -0.4 is 10.1 Å². The van der Waals surface area contributed by atoms with Gasteiger partial charge >= 0.3 is 5.97 Å². The molecule has 21 heavy (non-hydrogen) atoms. The maximum atomic E-state index is 11.0. The Morgan fingerprint density at radius 1 is 1.48 bits per heavy atom. The molecular weight excluding hydrogens is 308 g/mol. The van der Waals surface area contributed by atoms with E-state index in [1.165, 1.54) is 0 Å². The molecule has 2 unspecified atom stereocenters. The molecule has 1 saturated heterocycles. The number of thioether (sulfide) groups is 1. The summed E-state index contributed by atoms with van der Waals surface area (Å²) in [6, 6.07) is 7.29. The van der Waals surface area contributed by atoms with Crippen LogP contribution >= 0.6 is 23.1 Å². The lowest BCUT2D eigenvalue weighted by atomic mass is 10.2. The van der Waals surface area contributed by atoms with Gasteiger partial charge in [-0.15, -0.1) is 23.1 Å². The molecular formula is C14H14N2O3S2. The summed E-state index contributed by atoms with van der Waals surface area (Å²) in [5.41, 5.74) is 1.00. The number of methoxy groups -OCH3 is 1. The summed E-state index contributed by atoms with van der Waals surface area (Å²) in [6.07, 6.45) is 1.81. The second-order valence-corrected chi connectivity index (χ2v) is 6.73. The molecule has 0 radical (unpaired) electrons. The van der Waals surface area contributed by atoms with Gasteiger partial charge in [-0.05, 0) is 12.1 Å². The van der Waals surface area contributed by atoms with Gasteiger partial charge in [-0.25, -0.2) is 4.98 Å². The molecule has 2 aromatic rings. The molecule has 2 atom stereocenters. The number of hydrogen-bond acceptors (Lipinski definition) is 6. The number of nitrogens with one attached hydrogen (secondary N) is 1. The van der Waals surface area contributed by atoms with Crippen molar-refractivity contribution in [3.05, 3.63) is 35.5 Å². The van der Waals surface area contributed by atoms with E-state index in [4.69, 9.17) is 9.84 Å². The van der Waals surface area contributed by atoms with Crippen LogP contribution in [0, 0.1) is 0 Å². The van der Waals surface area contributed by atoms with Crippen LogP contribution in [0.4, 0.5) is 0 Å². The summed E-state index contributed by atoms with van der Waals surface area (Å²) < 4.78 is 5.36. The maximum absolute atomic E-state index is 11.0. The number of hydrogen-bond donors (Lipinski definition) is 2. The zero-order chi connectivity index (χ0) is 14.8. The Kier molecular flexibility index (Phi) is 4.14. The molecule has 5 nitrogen and oxygen atoms in total. The van der Waals surface area contributed by atoms with Crippen LogP contribution in [0.25, 0.3) is 10.4 Å². The predicted molar refractivity (Wildman–Crippen MR) is 83.9 cm³/mol. The number of thiazole rings is 1. The molecule has 0 bridgehead atoms. The highest BCUT2D eigenvalue weighted by molar-refractivity contribution is 7.99. The number of ether oxygens (including phenoxy) is 1. The largest absolute Gasteiger partial charge is 0.496 e. The molecule has 2 heterocycles. The topological polar surface area (TPSA) is 71.5 Å². The third-order valence-corrected chi connectivity index (χ3v) is 5.66. The van der Waals surface area contributed by atoms with E-state index < -0.39 is 12.0 Å². The zero-order valence-electron chi connectivity index (χ0n) is 11.3. The van der Waals surface area contributed by atoms with Crippen molar-refractivity contribution in [3.63, 3.8) is 0 Å². The number of aliphatic carboxylic acids is 1. The first-order valence-corrected chi connectivity index (χ1v) is 8.25. The predicted octanol–water partition coefficient (Wildman–Crippen LogP) is 2.61. The van der Waals surface area contributed by atoms with Crippen LogP contribution in [-0.2, 0) is 4.79 Å². The smallest absolute Gasteiger partial charge is 0.321 e. The van der Waals surface area contributed by atoms with Crippen molar-refractivity contribution >= 4 is 29.1 Å². The first kappa shape index (κ1) is 14.4. The molecule has 3 rings (SSSR count). The van der Waals surface area contributed by atoms with Crippen molar-refractivity contribution in [2.45, 2.75) is 11.4 Å². The summed E-state index contributed by atoms with van der Waals surface area (Å²) in [5.74, 6) is 0.554. The summed E-state index contributed by atoms with van der Waals surface area (Å²) in [7, 11) is 1.65. The van der Waals surface area contributed by atoms with Crippen molar-refractivity contribution in [2.24, 2.45) is 0 Å². The average molecular weight is 322 g/mol. The fourth-order valence-corrected chi connectivity index (χ4v) is 4.46. The molecule has 0 saturated carbocycles. The summed E-state index contributed by atoms with van der Waals surface area (Å²) in [6.45, 7) is 0. The van der Waals surface area contributed by atoms with Crippen molar-refractivity contribution in [3.8, 4) is 16.2 Å². The van der Waals surface area contributed by atoms with Crippen molar-refractivity contribution in [1.29, 1.82) is 0 Å². The lowest BCUT2D eigenvalue weighted by Crippen LogP contribution is -2.33. The van der Waals surface area contributed by atoms with E-state index in [1.54, 1.807) is 30.2 Å². The highest BCUT2D eigenvalue weighted by Gasteiger charge is 2.32. The van der Waals surface area contributed by atoms with Crippen molar-refractivity contribution in [2.75, 3.05) is 12.9 Å². The van der Waals surface area contributed by atoms with E-state index in [0.717, 1.165) is 21.2 Å². The number of carboxylic acids is 1. The van der Waals surface area contributed by atoms with Gasteiger partial charge in [0.1, 0.15) is 22.2 Å². The van der Waals surface area contributed by atoms with Crippen LogP contribution in [0.15, 0.2) is 30.5 Å². The lowest BCUT2D eigenvalue weighted by Gasteiger charge is -2.07. The van der Waals surface area contributed by atoms with E-state index in [9.17, 15) is 4.79 Å². The van der Waals surface area contributed by atoms with Crippen LogP contribution in [0.1, 0.15) is 10.4 Å². The third-order valence-electron chi connectivity index (χ3n) is 3.20. The minimum atomic E-state index is -0.813. The number of carboxylic acid groups (broad SMARTS) is 1. The number of aromatic nitrogens is 1. The molecule has 1 fully saturated rings. The van der Waals surface area contributed by atoms with E-state index in [2.05, 4.69) is 10.3 Å². The third kappa shape index (κ3) is 2.90. The zero-order valence-corrected chi connectivity index (χ0v) is 12.9. The van der Waals surface area contributed by atoms with E-state index in [1.807, 2.05) is 30.5 Å². The van der Waals surface area contributed by atoms with Gasteiger partial charge in [0, 0.05) is 17.5 Å². The molecule has 1 aliphatic heterocycles. The van der Waals surface area contributed by atoms with Crippen LogP contribution in [-0.4, -0.2) is 35.0 Å². The molecule has 7 heteroatoms. The van der Waals surface area contributed by atoms with Crippen molar-refractivity contribution in [1.82, 2.24) is 10.3 Å². The monoisotopic (exact) mass is 322 g/mol. The lowest BCUT2D eigenvalue weighted by molar-refractivity contribution is -0.138. The molecule has 1 aliphatic rings. The van der Waals surface area contributed by atoms with Gasteiger partial charge in [0.15, 0.2) is 0 Å². The quantitative estimate of drug-likeness (QED) is 0.901. The molecule has 2 N–H and O–H groups in total. The Morgan fingerprint density at radius 2 is 2.29 bits per heavy atom.